The van der Waals surface area contributed by atoms with Gasteiger partial charge in [-0.25, -0.2) is 4.98 Å². The fraction of sp³-hybridized carbons (Fsp3) is 0.583. The maximum Gasteiger partial charge on any atom is 0.128 e. The van der Waals surface area contributed by atoms with Gasteiger partial charge in [-0.2, -0.15) is 0 Å². The number of nitrogens with two attached hydrogens (primary N) is 1. The van der Waals surface area contributed by atoms with E-state index in [1.54, 1.807) is 0 Å². The van der Waals surface area contributed by atoms with Crippen molar-refractivity contribution in [1.29, 1.82) is 0 Å². The number of rotatable bonds is 3. The molecule has 0 bridgehead atoms. The molecule has 0 saturated carbocycles. The molecule has 1 atom stereocenters. The van der Waals surface area contributed by atoms with Crippen molar-refractivity contribution in [3.05, 3.63) is 24.4 Å². The first-order valence-electron chi connectivity index (χ1n) is 5.89. The van der Waals surface area contributed by atoms with Crippen LogP contribution in [-0.4, -0.2) is 48.6 Å². The van der Waals surface area contributed by atoms with Crippen molar-refractivity contribution in [2.75, 3.05) is 37.6 Å². The lowest BCUT2D eigenvalue weighted by Crippen LogP contribution is -2.49. The van der Waals surface area contributed by atoms with Crippen LogP contribution < -0.4 is 10.6 Å². The molecular weight excluding hydrogens is 271 g/mol. The summed E-state index contributed by atoms with van der Waals surface area (Å²) in [4.78, 5) is 9.12. The van der Waals surface area contributed by atoms with Crippen molar-refractivity contribution in [1.82, 2.24) is 9.88 Å². The standard InChI is InChI=1S/C12H20N4.2ClH/c1-11(13)10-15-6-8-16(9-7-15)12-4-2-3-5-14-12;;/h2-5,11H,6-10,13H2,1H3;2*1H. The van der Waals surface area contributed by atoms with Gasteiger partial charge in [-0.1, -0.05) is 6.07 Å². The van der Waals surface area contributed by atoms with Gasteiger partial charge in [0.1, 0.15) is 5.82 Å². The molecule has 1 aliphatic heterocycles. The Balaban J connectivity index is 0.00000144. The minimum absolute atomic E-state index is 0. The largest absolute Gasteiger partial charge is 0.354 e. The van der Waals surface area contributed by atoms with E-state index < -0.39 is 0 Å². The number of nitrogens with zero attached hydrogens (tertiary/aromatic N) is 3. The van der Waals surface area contributed by atoms with Crippen molar-refractivity contribution in [2.45, 2.75) is 13.0 Å². The number of anilines is 1. The topological polar surface area (TPSA) is 45.4 Å². The first kappa shape index (κ1) is 17.4. The third-order valence-electron chi connectivity index (χ3n) is 2.89. The van der Waals surface area contributed by atoms with E-state index in [0.717, 1.165) is 38.5 Å². The molecule has 1 aromatic heterocycles. The highest BCUT2D eigenvalue weighted by Crippen LogP contribution is 2.12. The van der Waals surface area contributed by atoms with Gasteiger partial charge in [0.25, 0.3) is 0 Å². The molecular formula is C12H22Cl2N4. The van der Waals surface area contributed by atoms with E-state index in [1.165, 1.54) is 0 Å². The monoisotopic (exact) mass is 292 g/mol. The van der Waals surface area contributed by atoms with Crippen molar-refractivity contribution in [3.63, 3.8) is 0 Å². The SMILES string of the molecule is CC(N)CN1CCN(c2ccccn2)CC1.Cl.Cl. The minimum atomic E-state index is 0. The van der Waals surface area contributed by atoms with Gasteiger partial charge in [0.15, 0.2) is 0 Å². The molecule has 2 rings (SSSR count). The van der Waals surface area contributed by atoms with E-state index in [0.29, 0.717) is 0 Å². The zero-order valence-electron chi connectivity index (χ0n) is 10.7. The Kier molecular flexibility index (Phi) is 8.27. The normalized spacial score (nSPS) is 17.6. The summed E-state index contributed by atoms with van der Waals surface area (Å²) in [6, 6.07) is 6.33. The zero-order chi connectivity index (χ0) is 11.4. The van der Waals surface area contributed by atoms with Gasteiger partial charge in [0, 0.05) is 45.0 Å². The number of pyridine rings is 1. The Morgan fingerprint density at radius 3 is 2.39 bits per heavy atom. The van der Waals surface area contributed by atoms with Crippen LogP contribution in [0.3, 0.4) is 0 Å². The summed E-state index contributed by atoms with van der Waals surface area (Å²) < 4.78 is 0. The summed E-state index contributed by atoms with van der Waals surface area (Å²) in [6.45, 7) is 7.31. The van der Waals surface area contributed by atoms with E-state index in [2.05, 4.69) is 27.8 Å². The molecule has 0 amide bonds. The molecule has 18 heavy (non-hydrogen) atoms. The molecule has 1 saturated heterocycles. The second-order valence-electron chi connectivity index (χ2n) is 4.45. The number of hydrogen-bond donors (Lipinski definition) is 1. The van der Waals surface area contributed by atoms with Gasteiger partial charge in [-0.05, 0) is 19.1 Å². The lowest BCUT2D eigenvalue weighted by molar-refractivity contribution is 0.246. The van der Waals surface area contributed by atoms with Crippen LogP contribution in [0.1, 0.15) is 6.92 Å². The molecule has 1 fully saturated rings. The highest BCUT2D eigenvalue weighted by atomic mass is 35.5. The van der Waals surface area contributed by atoms with E-state index >= 15 is 0 Å². The van der Waals surface area contributed by atoms with Crippen molar-refractivity contribution in [2.24, 2.45) is 5.73 Å². The predicted octanol–water partition coefficient (Wildman–Crippen LogP) is 1.39. The van der Waals surface area contributed by atoms with E-state index in [1.807, 2.05) is 18.3 Å². The Labute approximate surface area is 121 Å². The molecule has 0 aromatic carbocycles. The fourth-order valence-corrected chi connectivity index (χ4v) is 2.11. The summed E-state index contributed by atoms with van der Waals surface area (Å²) in [6.07, 6.45) is 1.85. The third-order valence-corrected chi connectivity index (χ3v) is 2.89. The van der Waals surface area contributed by atoms with Crippen molar-refractivity contribution >= 4 is 30.6 Å². The number of aromatic nitrogens is 1. The molecule has 4 nitrogen and oxygen atoms in total. The fourth-order valence-electron chi connectivity index (χ4n) is 2.11. The summed E-state index contributed by atoms with van der Waals surface area (Å²) in [7, 11) is 0. The van der Waals surface area contributed by atoms with E-state index in [9.17, 15) is 0 Å². The first-order chi connectivity index (χ1) is 7.75. The average molecular weight is 293 g/mol. The van der Waals surface area contributed by atoms with Crippen LogP contribution in [0.15, 0.2) is 24.4 Å². The van der Waals surface area contributed by atoms with Gasteiger partial charge >= 0.3 is 0 Å². The minimum Gasteiger partial charge on any atom is -0.354 e. The van der Waals surface area contributed by atoms with Crippen LogP contribution in [0.5, 0.6) is 0 Å². The Morgan fingerprint density at radius 2 is 1.89 bits per heavy atom. The maximum absolute atomic E-state index is 5.80. The number of piperazine rings is 1. The molecule has 1 aromatic rings. The van der Waals surface area contributed by atoms with Gasteiger partial charge in [0.05, 0.1) is 0 Å². The highest BCUT2D eigenvalue weighted by Gasteiger charge is 2.17. The number of hydrogen-bond acceptors (Lipinski definition) is 4. The quantitative estimate of drug-likeness (QED) is 0.915. The van der Waals surface area contributed by atoms with Crippen LogP contribution in [0.2, 0.25) is 0 Å². The van der Waals surface area contributed by atoms with E-state index in [-0.39, 0.29) is 30.9 Å². The maximum atomic E-state index is 5.80. The third kappa shape index (κ3) is 4.98. The summed E-state index contributed by atoms with van der Waals surface area (Å²) in [5.41, 5.74) is 5.80. The second kappa shape index (κ2) is 8.53. The Morgan fingerprint density at radius 1 is 1.22 bits per heavy atom. The lowest BCUT2D eigenvalue weighted by Gasteiger charge is -2.36. The van der Waals surface area contributed by atoms with Crippen LogP contribution in [0, 0.1) is 0 Å². The number of halogens is 2. The highest BCUT2D eigenvalue weighted by molar-refractivity contribution is 5.85. The van der Waals surface area contributed by atoms with E-state index in [4.69, 9.17) is 5.73 Å². The van der Waals surface area contributed by atoms with Crippen LogP contribution >= 0.6 is 24.8 Å². The summed E-state index contributed by atoms with van der Waals surface area (Å²) >= 11 is 0. The summed E-state index contributed by atoms with van der Waals surface area (Å²) in [5, 5.41) is 0. The summed E-state index contributed by atoms with van der Waals surface area (Å²) in [5.74, 6) is 1.09. The molecule has 104 valence electrons. The van der Waals surface area contributed by atoms with Crippen molar-refractivity contribution < 1.29 is 0 Å². The average Bonchev–Trinajstić information content (AvgIpc) is 2.30. The molecule has 6 heteroatoms. The molecule has 0 radical (unpaired) electrons. The first-order valence-corrected chi connectivity index (χ1v) is 5.89. The second-order valence-corrected chi connectivity index (χ2v) is 4.45. The van der Waals surface area contributed by atoms with Crippen LogP contribution in [0.4, 0.5) is 5.82 Å². The van der Waals surface area contributed by atoms with Gasteiger partial charge in [-0.15, -0.1) is 24.8 Å². The van der Waals surface area contributed by atoms with Gasteiger partial charge in [0.2, 0.25) is 0 Å². The van der Waals surface area contributed by atoms with Gasteiger partial charge in [-0.3, -0.25) is 4.90 Å². The van der Waals surface area contributed by atoms with Crippen LogP contribution in [-0.2, 0) is 0 Å². The Hall–Kier alpha value is -0.550. The lowest BCUT2D eigenvalue weighted by atomic mass is 10.2. The molecule has 1 unspecified atom stereocenters. The van der Waals surface area contributed by atoms with Gasteiger partial charge < -0.3 is 10.6 Å². The van der Waals surface area contributed by atoms with Crippen molar-refractivity contribution in [3.8, 4) is 0 Å². The predicted molar refractivity (Wildman–Crippen MR) is 81.0 cm³/mol. The molecule has 1 aliphatic rings. The Bertz CT molecular complexity index is 313. The molecule has 2 heterocycles. The smallest absolute Gasteiger partial charge is 0.128 e. The molecule has 0 aliphatic carbocycles. The van der Waals surface area contributed by atoms with Crippen LogP contribution in [0.25, 0.3) is 0 Å². The molecule has 2 N–H and O–H groups in total. The zero-order valence-corrected chi connectivity index (χ0v) is 12.3. The molecule has 0 spiro atoms.